The number of benzene rings is 1. The number of nitrogens with zero attached hydrogens (tertiary/aromatic N) is 1. The van der Waals surface area contributed by atoms with E-state index in [4.69, 9.17) is 9.84 Å². The lowest BCUT2D eigenvalue weighted by Crippen LogP contribution is -2.45. The van der Waals surface area contributed by atoms with Crippen molar-refractivity contribution in [3.05, 3.63) is 35.4 Å². The molecule has 1 aromatic carbocycles. The highest BCUT2D eigenvalue weighted by atomic mass is 16.5. The second-order valence-electron chi connectivity index (χ2n) is 5.69. The summed E-state index contributed by atoms with van der Waals surface area (Å²) in [5, 5.41) is 8.96. The van der Waals surface area contributed by atoms with Crippen molar-refractivity contribution in [3.8, 4) is 0 Å². The number of carboxylic acids is 1. The molecule has 110 valence electrons. The van der Waals surface area contributed by atoms with Crippen LogP contribution in [0, 0.1) is 0 Å². The number of hydrogen-bond donors (Lipinski definition) is 1. The molecule has 2 rings (SSSR count). The van der Waals surface area contributed by atoms with E-state index in [9.17, 15) is 4.79 Å². The number of carbonyl (C=O) groups is 1. The molecule has 0 aromatic heterocycles. The maximum atomic E-state index is 10.9. The van der Waals surface area contributed by atoms with E-state index in [0.717, 1.165) is 13.1 Å². The minimum atomic E-state index is -0.763. The molecule has 0 spiro atoms. The quantitative estimate of drug-likeness (QED) is 0.898. The van der Waals surface area contributed by atoms with E-state index < -0.39 is 5.97 Å². The van der Waals surface area contributed by atoms with Crippen LogP contribution in [-0.2, 0) is 16.1 Å². The Hall–Kier alpha value is -1.39. The number of carboxylic acid groups (broad SMARTS) is 1. The summed E-state index contributed by atoms with van der Waals surface area (Å²) in [4.78, 5) is 13.1. The standard InChI is InChI=1S/C16H23NO3/c1-12(2)14-5-3-13(4-6-14)10-17-7-8-20-11-15(17)9-16(18)19/h3-6,12,15H,7-11H2,1-2H3,(H,18,19). The summed E-state index contributed by atoms with van der Waals surface area (Å²) in [6, 6.07) is 8.58. The summed E-state index contributed by atoms with van der Waals surface area (Å²) < 4.78 is 5.40. The van der Waals surface area contributed by atoms with Crippen LogP contribution in [0.2, 0.25) is 0 Å². The third-order valence-electron chi connectivity index (χ3n) is 3.79. The van der Waals surface area contributed by atoms with Gasteiger partial charge in [0.05, 0.1) is 19.6 Å². The lowest BCUT2D eigenvalue weighted by molar-refractivity contribution is -0.140. The van der Waals surface area contributed by atoms with E-state index in [2.05, 4.69) is 43.0 Å². The molecule has 1 atom stereocenters. The summed E-state index contributed by atoms with van der Waals surface area (Å²) in [6.07, 6.45) is 0.143. The molecule has 1 N–H and O–H groups in total. The molecular weight excluding hydrogens is 254 g/mol. The Morgan fingerprint density at radius 1 is 1.40 bits per heavy atom. The van der Waals surface area contributed by atoms with Gasteiger partial charge in [-0.05, 0) is 17.0 Å². The van der Waals surface area contributed by atoms with Crippen LogP contribution < -0.4 is 0 Å². The first-order valence-electron chi connectivity index (χ1n) is 7.18. The number of hydrogen-bond acceptors (Lipinski definition) is 3. The van der Waals surface area contributed by atoms with Gasteiger partial charge in [-0.2, -0.15) is 0 Å². The lowest BCUT2D eigenvalue weighted by Gasteiger charge is -2.34. The molecule has 1 fully saturated rings. The van der Waals surface area contributed by atoms with Crippen LogP contribution in [-0.4, -0.2) is 41.8 Å². The second kappa shape index (κ2) is 6.86. The van der Waals surface area contributed by atoms with Gasteiger partial charge in [-0.25, -0.2) is 0 Å². The van der Waals surface area contributed by atoms with Crippen LogP contribution >= 0.6 is 0 Å². The minimum Gasteiger partial charge on any atom is -0.481 e. The predicted octanol–water partition coefficient (Wildman–Crippen LogP) is 2.49. The Labute approximate surface area is 120 Å². The van der Waals surface area contributed by atoms with Crippen molar-refractivity contribution in [2.75, 3.05) is 19.8 Å². The third kappa shape index (κ3) is 4.05. The molecule has 0 bridgehead atoms. The highest BCUT2D eigenvalue weighted by Crippen LogP contribution is 2.18. The van der Waals surface area contributed by atoms with Crippen LogP contribution in [0.4, 0.5) is 0 Å². The fraction of sp³-hybridized carbons (Fsp3) is 0.562. The highest BCUT2D eigenvalue weighted by molar-refractivity contribution is 5.67. The Balaban J connectivity index is 2.00. The molecule has 4 nitrogen and oxygen atoms in total. The summed E-state index contributed by atoms with van der Waals surface area (Å²) in [7, 11) is 0. The zero-order chi connectivity index (χ0) is 14.5. The molecule has 0 amide bonds. The molecule has 0 aliphatic carbocycles. The topological polar surface area (TPSA) is 49.8 Å². The molecule has 0 radical (unpaired) electrons. The van der Waals surface area contributed by atoms with Crippen LogP contribution in [0.5, 0.6) is 0 Å². The van der Waals surface area contributed by atoms with E-state index in [1.54, 1.807) is 0 Å². The van der Waals surface area contributed by atoms with Gasteiger partial charge in [0.15, 0.2) is 0 Å². The van der Waals surface area contributed by atoms with Gasteiger partial charge in [0.25, 0.3) is 0 Å². The van der Waals surface area contributed by atoms with Crippen LogP contribution in [0.15, 0.2) is 24.3 Å². The van der Waals surface area contributed by atoms with Crippen molar-refractivity contribution in [1.29, 1.82) is 0 Å². The Bertz CT molecular complexity index is 442. The maximum Gasteiger partial charge on any atom is 0.305 e. The molecule has 1 aromatic rings. The van der Waals surface area contributed by atoms with E-state index in [-0.39, 0.29) is 12.5 Å². The Morgan fingerprint density at radius 2 is 2.10 bits per heavy atom. The number of rotatable bonds is 5. The number of morpholine rings is 1. The Morgan fingerprint density at radius 3 is 2.70 bits per heavy atom. The van der Waals surface area contributed by atoms with Crippen LogP contribution in [0.1, 0.15) is 37.3 Å². The molecule has 0 saturated carbocycles. The highest BCUT2D eigenvalue weighted by Gasteiger charge is 2.25. The van der Waals surface area contributed by atoms with E-state index in [0.29, 0.717) is 19.1 Å². The van der Waals surface area contributed by atoms with Gasteiger partial charge >= 0.3 is 5.97 Å². The molecule has 1 heterocycles. The van der Waals surface area contributed by atoms with Gasteiger partial charge < -0.3 is 9.84 Å². The van der Waals surface area contributed by atoms with Gasteiger partial charge in [0.2, 0.25) is 0 Å². The average molecular weight is 277 g/mol. The third-order valence-corrected chi connectivity index (χ3v) is 3.79. The number of aliphatic carboxylic acids is 1. The van der Waals surface area contributed by atoms with Crippen LogP contribution in [0.3, 0.4) is 0 Å². The molecule has 1 aliphatic rings. The van der Waals surface area contributed by atoms with Gasteiger partial charge in [-0.1, -0.05) is 38.1 Å². The fourth-order valence-corrected chi connectivity index (χ4v) is 2.53. The molecular formula is C16H23NO3. The van der Waals surface area contributed by atoms with E-state index in [1.165, 1.54) is 11.1 Å². The lowest BCUT2D eigenvalue weighted by atomic mass is 10.0. The molecule has 1 saturated heterocycles. The van der Waals surface area contributed by atoms with Gasteiger partial charge in [-0.15, -0.1) is 0 Å². The second-order valence-corrected chi connectivity index (χ2v) is 5.69. The van der Waals surface area contributed by atoms with Crippen LogP contribution in [0.25, 0.3) is 0 Å². The van der Waals surface area contributed by atoms with Crippen molar-refractivity contribution in [3.63, 3.8) is 0 Å². The summed E-state index contributed by atoms with van der Waals surface area (Å²) in [5.74, 6) is -0.229. The summed E-state index contributed by atoms with van der Waals surface area (Å²) in [5.41, 5.74) is 2.56. The van der Waals surface area contributed by atoms with Crippen molar-refractivity contribution in [2.24, 2.45) is 0 Å². The maximum absolute atomic E-state index is 10.9. The molecule has 1 aliphatic heterocycles. The first kappa shape index (κ1) is 15.0. The largest absolute Gasteiger partial charge is 0.481 e. The van der Waals surface area contributed by atoms with Crippen molar-refractivity contribution < 1.29 is 14.6 Å². The van der Waals surface area contributed by atoms with Gasteiger partial charge in [0.1, 0.15) is 0 Å². The zero-order valence-electron chi connectivity index (χ0n) is 12.2. The van der Waals surface area contributed by atoms with E-state index in [1.807, 2.05) is 0 Å². The smallest absolute Gasteiger partial charge is 0.305 e. The molecule has 4 heteroatoms. The van der Waals surface area contributed by atoms with E-state index >= 15 is 0 Å². The fourth-order valence-electron chi connectivity index (χ4n) is 2.53. The Kier molecular flexibility index (Phi) is 5.15. The zero-order valence-corrected chi connectivity index (χ0v) is 12.2. The molecule has 20 heavy (non-hydrogen) atoms. The monoisotopic (exact) mass is 277 g/mol. The normalized spacial score (nSPS) is 20.2. The van der Waals surface area contributed by atoms with Gasteiger partial charge in [-0.3, -0.25) is 9.69 Å². The summed E-state index contributed by atoms with van der Waals surface area (Å²) >= 11 is 0. The first-order valence-corrected chi connectivity index (χ1v) is 7.18. The molecule has 1 unspecified atom stereocenters. The van der Waals surface area contributed by atoms with Crippen molar-refractivity contribution in [2.45, 2.75) is 38.8 Å². The average Bonchev–Trinajstić information content (AvgIpc) is 2.41. The summed E-state index contributed by atoms with van der Waals surface area (Å²) in [6.45, 7) is 7.14. The number of ether oxygens (including phenoxy) is 1. The minimum absolute atomic E-state index is 0.0222. The predicted molar refractivity (Wildman–Crippen MR) is 77.8 cm³/mol. The SMILES string of the molecule is CC(C)c1ccc(CN2CCOCC2CC(=O)O)cc1. The van der Waals surface area contributed by atoms with Gasteiger partial charge in [0, 0.05) is 19.1 Å². The van der Waals surface area contributed by atoms with Crippen molar-refractivity contribution in [1.82, 2.24) is 4.90 Å². The van der Waals surface area contributed by atoms with Crippen molar-refractivity contribution >= 4 is 5.97 Å². The first-order chi connectivity index (χ1) is 9.56.